The zero-order valence-corrected chi connectivity index (χ0v) is 13.9. The van der Waals surface area contributed by atoms with Gasteiger partial charge in [0, 0.05) is 11.8 Å². The van der Waals surface area contributed by atoms with E-state index in [0.717, 1.165) is 16.9 Å². The molecule has 122 valence electrons. The van der Waals surface area contributed by atoms with Gasteiger partial charge in [0.05, 0.1) is 0 Å². The molecule has 1 aromatic heterocycles. The highest BCUT2D eigenvalue weighted by Gasteiger charge is 2.04. The zero-order chi connectivity index (χ0) is 16.8. The molecule has 0 saturated heterocycles. The van der Waals surface area contributed by atoms with Gasteiger partial charge in [-0.2, -0.15) is 0 Å². The zero-order valence-electron chi connectivity index (χ0n) is 13.1. The topological polar surface area (TPSA) is 87.1 Å². The van der Waals surface area contributed by atoms with Crippen molar-refractivity contribution in [2.24, 2.45) is 0 Å². The minimum atomic E-state index is 0.380. The third-order valence-corrected chi connectivity index (χ3v) is 4.18. The molecule has 0 aliphatic rings. The lowest BCUT2D eigenvalue weighted by Gasteiger charge is -2.08. The fourth-order valence-electron chi connectivity index (χ4n) is 2.14. The number of thioether (sulfide) groups is 1. The monoisotopic (exact) mass is 338 g/mol. The molecular weight excluding hydrogens is 320 g/mol. The third kappa shape index (κ3) is 4.63. The lowest BCUT2D eigenvalue weighted by atomic mass is 10.2. The predicted molar refractivity (Wildman–Crippen MR) is 97.6 cm³/mol. The molecule has 0 atom stereocenters. The molecule has 0 fully saturated rings. The summed E-state index contributed by atoms with van der Waals surface area (Å²) in [7, 11) is 0. The second kappa shape index (κ2) is 7.70. The van der Waals surface area contributed by atoms with Crippen LogP contribution in [0.25, 0.3) is 0 Å². The fourth-order valence-corrected chi connectivity index (χ4v) is 2.96. The lowest BCUT2D eigenvalue weighted by Crippen LogP contribution is -1.99. The van der Waals surface area contributed by atoms with Gasteiger partial charge in [-0.1, -0.05) is 54.2 Å². The van der Waals surface area contributed by atoms with Crippen LogP contribution in [0.3, 0.4) is 0 Å². The molecule has 0 bridgehead atoms. The number of aromatic nitrogens is 2. The van der Waals surface area contributed by atoms with Crippen molar-refractivity contribution in [3.8, 4) is 5.75 Å². The van der Waals surface area contributed by atoms with Crippen LogP contribution in [0.15, 0.2) is 65.8 Å². The molecule has 0 radical (unpaired) electrons. The summed E-state index contributed by atoms with van der Waals surface area (Å²) in [5, 5.41) is 0.572. The highest BCUT2D eigenvalue weighted by molar-refractivity contribution is 7.98. The van der Waals surface area contributed by atoms with E-state index in [1.807, 2.05) is 54.6 Å². The van der Waals surface area contributed by atoms with Gasteiger partial charge >= 0.3 is 0 Å². The minimum Gasteiger partial charge on any atom is -0.489 e. The van der Waals surface area contributed by atoms with Crippen LogP contribution < -0.4 is 16.2 Å². The standard InChI is InChI=1S/C18H18N4OS/c19-16-10-17(20)22-18(21-16)24-12-14-7-4-8-15(9-14)23-11-13-5-2-1-3-6-13/h1-10H,11-12H2,(H4,19,20,21,22). The largest absolute Gasteiger partial charge is 0.489 e. The average Bonchev–Trinajstić information content (AvgIpc) is 2.59. The Morgan fingerprint density at radius 2 is 1.54 bits per heavy atom. The van der Waals surface area contributed by atoms with E-state index < -0.39 is 0 Å². The van der Waals surface area contributed by atoms with Crippen molar-refractivity contribution in [1.29, 1.82) is 0 Å². The first-order valence-corrected chi connectivity index (χ1v) is 8.46. The van der Waals surface area contributed by atoms with Gasteiger partial charge in [0.15, 0.2) is 5.16 Å². The summed E-state index contributed by atoms with van der Waals surface area (Å²) in [6, 6.07) is 19.6. The molecule has 0 unspecified atom stereocenters. The molecule has 0 amide bonds. The van der Waals surface area contributed by atoms with Gasteiger partial charge in [0.2, 0.25) is 0 Å². The average molecular weight is 338 g/mol. The van der Waals surface area contributed by atoms with Crippen LogP contribution in [0.1, 0.15) is 11.1 Å². The van der Waals surface area contributed by atoms with Crippen molar-refractivity contribution in [3.05, 3.63) is 71.8 Å². The van der Waals surface area contributed by atoms with Gasteiger partial charge in [0.25, 0.3) is 0 Å². The molecule has 24 heavy (non-hydrogen) atoms. The smallest absolute Gasteiger partial charge is 0.191 e. The fraction of sp³-hybridized carbons (Fsp3) is 0.111. The van der Waals surface area contributed by atoms with Crippen molar-refractivity contribution in [3.63, 3.8) is 0 Å². The van der Waals surface area contributed by atoms with Crippen LogP contribution in [-0.2, 0) is 12.4 Å². The summed E-state index contributed by atoms with van der Waals surface area (Å²) in [5.41, 5.74) is 13.6. The van der Waals surface area contributed by atoms with E-state index in [0.29, 0.717) is 29.2 Å². The molecule has 3 rings (SSSR count). The summed E-state index contributed by atoms with van der Waals surface area (Å²) < 4.78 is 5.84. The summed E-state index contributed by atoms with van der Waals surface area (Å²) in [6.45, 7) is 0.548. The Labute approximate surface area is 145 Å². The Kier molecular flexibility index (Phi) is 5.18. The number of anilines is 2. The maximum absolute atomic E-state index is 5.84. The van der Waals surface area contributed by atoms with Crippen LogP contribution in [0.4, 0.5) is 11.6 Å². The normalized spacial score (nSPS) is 10.5. The Morgan fingerprint density at radius 3 is 2.29 bits per heavy atom. The second-order valence-corrected chi connectivity index (χ2v) is 6.15. The number of rotatable bonds is 6. The van der Waals surface area contributed by atoms with E-state index in [9.17, 15) is 0 Å². The first-order chi connectivity index (χ1) is 11.7. The van der Waals surface area contributed by atoms with Crippen LogP contribution in [-0.4, -0.2) is 9.97 Å². The lowest BCUT2D eigenvalue weighted by molar-refractivity contribution is 0.306. The van der Waals surface area contributed by atoms with Gasteiger partial charge in [0.1, 0.15) is 24.0 Å². The summed E-state index contributed by atoms with van der Waals surface area (Å²) in [6.07, 6.45) is 0. The van der Waals surface area contributed by atoms with Crippen molar-refractivity contribution in [2.45, 2.75) is 17.5 Å². The molecule has 5 nitrogen and oxygen atoms in total. The SMILES string of the molecule is Nc1cc(N)nc(SCc2cccc(OCc3ccccc3)c2)n1. The van der Waals surface area contributed by atoms with Gasteiger partial charge < -0.3 is 16.2 Å². The van der Waals surface area contributed by atoms with E-state index in [4.69, 9.17) is 16.2 Å². The Bertz CT molecular complexity index is 791. The summed E-state index contributed by atoms with van der Waals surface area (Å²) in [4.78, 5) is 8.33. The van der Waals surface area contributed by atoms with Crippen LogP contribution in [0, 0.1) is 0 Å². The Balaban J connectivity index is 1.60. The predicted octanol–water partition coefficient (Wildman–Crippen LogP) is 3.51. The van der Waals surface area contributed by atoms with Crippen molar-refractivity contribution >= 4 is 23.4 Å². The van der Waals surface area contributed by atoms with Crippen molar-refractivity contribution in [1.82, 2.24) is 9.97 Å². The second-order valence-electron chi connectivity index (χ2n) is 5.21. The first-order valence-electron chi connectivity index (χ1n) is 7.47. The summed E-state index contributed by atoms with van der Waals surface area (Å²) in [5.74, 6) is 2.31. The molecule has 3 aromatic rings. The van der Waals surface area contributed by atoms with Crippen LogP contribution in [0.5, 0.6) is 5.75 Å². The van der Waals surface area contributed by atoms with Gasteiger partial charge in [-0.25, -0.2) is 9.97 Å². The highest BCUT2D eigenvalue weighted by Crippen LogP contribution is 2.23. The molecule has 2 aromatic carbocycles. The molecule has 4 N–H and O–H groups in total. The van der Waals surface area contributed by atoms with E-state index in [2.05, 4.69) is 9.97 Å². The van der Waals surface area contributed by atoms with Crippen molar-refractivity contribution < 1.29 is 4.74 Å². The van der Waals surface area contributed by atoms with E-state index in [1.165, 1.54) is 11.8 Å². The first kappa shape index (κ1) is 16.1. The quantitative estimate of drug-likeness (QED) is 0.528. The molecule has 1 heterocycles. The van der Waals surface area contributed by atoms with Gasteiger partial charge in [-0.05, 0) is 23.3 Å². The van der Waals surface area contributed by atoms with Crippen molar-refractivity contribution in [2.75, 3.05) is 11.5 Å². The summed E-state index contributed by atoms with van der Waals surface area (Å²) >= 11 is 1.49. The van der Waals surface area contributed by atoms with Gasteiger partial charge in [-0.15, -0.1) is 0 Å². The number of hydrogen-bond donors (Lipinski definition) is 2. The van der Waals surface area contributed by atoms with Gasteiger partial charge in [-0.3, -0.25) is 0 Å². The maximum atomic E-state index is 5.84. The maximum Gasteiger partial charge on any atom is 0.191 e. The Morgan fingerprint density at radius 1 is 0.833 bits per heavy atom. The van der Waals surface area contributed by atoms with Crippen LogP contribution in [0.2, 0.25) is 0 Å². The number of hydrogen-bond acceptors (Lipinski definition) is 6. The molecule has 6 heteroatoms. The van der Waals surface area contributed by atoms with E-state index in [1.54, 1.807) is 6.07 Å². The van der Waals surface area contributed by atoms with E-state index >= 15 is 0 Å². The molecular formula is C18H18N4OS. The minimum absolute atomic E-state index is 0.380. The molecule has 0 aliphatic carbocycles. The number of nitrogens with zero attached hydrogens (tertiary/aromatic N) is 2. The molecule has 0 aliphatic heterocycles. The third-order valence-electron chi connectivity index (χ3n) is 3.26. The number of ether oxygens (including phenoxy) is 1. The Hall–Kier alpha value is -2.73. The van der Waals surface area contributed by atoms with E-state index in [-0.39, 0.29) is 0 Å². The number of benzene rings is 2. The number of nitrogens with two attached hydrogens (primary N) is 2. The van der Waals surface area contributed by atoms with Crippen LogP contribution >= 0.6 is 11.8 Å². The molecule has 0 spiro atoms. The molecule has 0 saturated carbocycles. The highest BCUT2D eigenvalue weighted by atomic mass is 32.2. The number of nitrogen functional groups attached to an aromatic ring is 2.